The second-order valence-electron chi connectivity index (χ2n) is 4.47. The predicted molar refractivity (Wildman–Crippen MR) is 72.1 cm³/mol. The molecule has 5 nitrogen and oxygen atoms in total. The van der Waals surface area contributed by atoms with Gasteiger partial charge in [0.25, 0.3) is 0 Å². The first-order chi connectivity index (χ1) is 8.85. The molecule has 0 spiro atoms. The summed E-state index contributed by atoms with van der Waals surface area (Å²) in [6.45, 7) is 7.86. The summed E-state index contributed by atoms with van der Waals surface area (Å²) in [5.41, 5.74) is 0. The third-order valence-corrected chi connectivity index (χ3v) is 3.11. The largest absolute Gasteiger partial charge is 0.478 e. The Kier molecular flexibility index (Phi) is 4.75. The summed E-state index contributed by atoms with van der Waals surface area (Å²) in [7, 11) is 0. The van der Waals surface area contributed by atoms with Gasteiger partial charge in [-0.1, -0.05) is 6.92 Å². The number of ether oxygens (including phenoxy) is 1. The van der Waals surface area contributed by atoms with Gasteiger partial charge < -0.3 is 15.0 Å². The van der Waals surface area contributed by atoms with Crippen LogP contribution in [0.5, 0.6) is 5.88 Å². The Hall–Kier alpha value is -1.36. The maximum absolute atomic E-state index is 5.44. The quantitative estimate of drug-likeness (QED) is 0.828. The number of nitrogens with one attached hydrogen (secondary N) is 1. The zero-order valence-electron chi connectivity index (χ0n) is 11.2. The molecule has 18 heavy (non-hydrogen) atoms. The Balaban J connectivity index is 2.15. The maximum atomic E-state index is 5.44. The first kappa shape index (κ1) is 13.1. The molecule has 1 unspecified atom stereocenters. The minimum atomic E-state index is 0.502. The fourth-order valence-electron chi connectivity index (χ4n) is 2.29. The van der Waals surface area contributed by atoms with Crippen molar-refractivity contribution >= 4 is 5.95 Å². The molecule has 1 aliphatic rings. The lowest BCUT2D eigenvalue weighted by Gasteiger charge is -2.28. The number of hydrogen-bond donors (Lipinski definition) is 1. The van der Waals surface area contributed by atoms with E-state index in [0.29, 0.717) is 18.5 Å². The predicted octanol–water partition coefficient (Wildman–Crippen LogP) is 1.45. The first-order valence-corrected chi connectivity index (χ1v) is 6.78. The minimum absolute atomic E-state index is 0.502. The van der Waals surface area contributed by atoms with Crippen LogP contribution in [0.3, 0.4) is 0 Å². The van der Waals surface area contributed by atoms with Crippen LogP contribution in [-0.2, 0) is 0 Å². The van der Waals surface area contributed by atoms with E-state index in [1.54, 1.807) is 6.20 Å². The van der Waals surface area contributed by atoms with Crippen LogP contribution in [0.15, 0.2) is 12.3 Å². The summed E-state index contributed by atoms with van der Waals surface area (Å²) < 4.78 is 5.44. The van der Waals surface area contributed by atoms with E-state index in [0.717, 1.165) is 38.4 Å². The minimum Gasteiger partial charge on any atom is -0.478 e. The van der Waals surface area contributed by atoms with Crippen molar-refractivity contribution in [3.63, 3.8) is 0 Å². The molecule has 0 aromatic carbocycles. The number of nitrogens with zero attached hydrogens (tertiary/aromatic N) is 3. The van der Waals surface area contributed by atoms with Gasteiger partial charge >= 0.3 is 0 Å². The highest BCUT2D eigenvalue weighted by Gasteiger charge is 2.23. The van der Waals surface area contributed by atoms with Gasteiger partial charge in [-0.15, -0.1) is 0 Å². The monoisotopic (exact) mass is 250 g/mol. The molecule has 2 heterocycles. The Morgan fingerprint density at radius 1 is 1.50 bits per heavy atom. The molecule has 0 aliphatic carbocycles. The molecule has 0 radical (unpaired) electrons. The molecule has 1 aromatic heterocycles. The molecule has 100 valence electrons. The fourth-order valence-corrected chi connectivity index (χ4v) is 2.29. The summed E-state index contributed by atoms with van der Waals surface area (Å²) in [6.07, 6.45) is 4.03. The van der Waals surface area contributed by atoms with Crippen molar-refractivity contribution in [2.24, 2.45) is 0 Å². The molecule has 0 amide bonds. The van der Waals surface area contributed by atoms with E-state index in [9.17, 15) is 0 Å². The Labute approximate surface area is 109 Å². The topological polar surface area (TPSA) is 50.3 Å². The van der Waals surface area contributed by atoms with Crippen LogP contribution >= 0.6 is 0 Å². The van der Waals surface area contributed by atoms with Gasteiger partial charge in [0.15, 0.2) is 0 Å². The summed E-state index contributed by atoms with van der Waals surface area (Å²) in [4.78, 5) is 11.2. The van der Waals surface area contributed by atoms with Crippen LogP contribution < -0.4 is 15.0 Å². The Bertz CT molecular complexity index is 366. The first-order valence-electron chi connectivity index (χ1n) is 6.78. The normalized spacial score (nSPS) is 18.9. The van der Waals surface area contributed by atoms with Gasteiger partial charge in [0.2, 0.25) is 11.8 Å². The fraction of sp³-hybridized carbons (Fsp3) is 0.692. The lowest BCUT2D eigenvalue weighted by atomic mass is 10.2. The van der Waals surface area contributed by atoms with Gasteiger partial charge in [-0.05, 0) is 26.3 Å². The number of rotatable bonds is 6. The zero-order valence-corrected chi connectivity index (χ0v) is 11.2. The van der Waals surface area contributed by atoms with Gasteiger partial charge in [-0.25, -0.2) is 4.98 Å². The Morgan fingerprint density at radius 3 is 3.06 bits per heavy atom. The van der Waals surface area contributed by atoms with Crippen LogP contribution in [0.4, 0.5) is 5.95 Å². The lowest BCUT2D eigenvalue weighted by molar-refractivity contribution is 0.326. The molecular formula is C13H22N4O. The average Bonchev–Trinajstić information content (AvgIpc) is 2.90. The van der Waals surface area contributed by atoms with Crippen molar-refractivity contribution in [3.8, 4) is 5.88 Å². The second-order valence-corrected chi connectivity index (χ2v) is 4.47. The van der Waals surface area contributed by atoms with Crippen molar-refractivity contribution in [2.75, 3.05) is 31.1 Å². The van der Waals surface area contributed by atoms with Gasteiger partial charge in [-0.2, -0.15) is 4.98 Å². The van der Waals surface area contributed by atoms with E-state index in [-0.39, 0.29) is 0 Å². The molecule has 1 aliphatic heterocycles. The third-order valence-electron chi connectivity index (χ3n) is 3.11. The SMILES string of the molecule is CCCN(c1nccc(OCC)n1)C1CCNC1. The molecule has 5 heteroatoms. The van der Waals surface area contributed by atoms with Gasteiger partial charge in [0.1, 0.15) is 0 Å². The highest BCUT2D eigenvalue weighted by atomic mass is 16.5. The molecule has 1 N–H and O–H groups in total. The maximum Gasteiger partial charge on any atom is 0.228 e. The summed E-state index contributed by atoms with van der Waals surface area (Å²) in [5, 5.41) is 3.39. The number of aromatic nitrogens is 2. The van der Waals surface area contributed by atoms with E-state index in [1.165, 1.54) is 0 Å². The molecule has 1 fully saturated rings. The van der Waals surface area contributed by atoms with Crippen molar-refractivity contribution in [1.82, 2.24) is 15.3 Å². The smallest absolute Gasteiger partial charge is 0.228 e. The third kappa shape index (κ3) is 3.10. The van der Waals surface area contributed by atoms with Crippen LogP contribution in [0.1, 0.15) is 26.7 Å². The highest BCUT2D eigenvalue weighted by molar-refractivity contribution is 5.34. The van der Waals surface area contributed by atoms with E-state index >= 15 is 0 Å². The van der Waals surface area contributed by atoms with E-state index < -0.39 is 0 Å². The second kappa shape index (κ2) is 6.54. The van der Waals surface area contributed by atoms with Crippen molar-refractivity contribution in [2.45, 2.75) is 32.7 Å². The van der Waals surface area contributed by atoms with Crippen LogP contribution in [0, 0.1) is 0 Å². The lowest BCUT2D eigenvalue weighted by Crippen LogP contribution is -2.38. The van der Waals surface area contributed by atoms with Gasteiger partial charge in [-0.3, -0.25) is 0 Å². The standard InChI is InChI=1S/C13H22N4O/c1-3-9-17(11-5-7-14-10-11)13-15-8-6-12(16-13)18-4-2/h6,8,11,14H,3-5,7,9-10H2,1-2H3. The Morgan fingerprint density at radius 2 is 2.39 bits per heavy atom. The summed E-state index contributed by atoms with van der Waals surface area (Å²) >= 11 is 0. The highest BCUT2D eigenvalue weighted by Crippen LogP contribution is 2.18. The summed E-state index contributed by atoms with van der Waals surface area (Å²) in [6, 6.07) is 2.31. The molecule has 1 saturated heterocycles. The van der Waals surface area contributed by atoms with E-state index in [1.807, 2.05) is 13.0 Å². The molecule has 0 bridgehead atoms. The number of anilines is 1. The average molecular weight is 250 g/mol. The molecule has 1 atom stereocenters. The van der Waals surface area contributed by atoms with E-state index in [2.05, 4.69) is 27.1 Å². The van der Waals surface area contributed by atoms with Gasteiger partial charge in [0, 0.05) is 31.4 Å². The van der Waals surface area contributed by atoms with Crippen molar-refractivity contribution in [3.05, 3.63) is 12.3 Å². The zero-order chi connectivity index (χ0) is 12.8. The molecular weight excluding hydrogens is 228 g/mol. The molecule has 0 saturated carbocycles. The van der Waals surface area contributed by atoms with Gasteiger partial charge in [0.05, 0.1) is 6.61 Å². The molecule has 1 aromatic rings. The molecule has 2 rings (SSSR count). The van der Waals surface area contributed by atoms with Crippen LogP contribution in [0.2, 0.25) is 0 Å². The number of hydrogen-bond acceptors (Lipinski definition) is 5. The summed E-state index contributed by atoms with van der Waals surface area (Å²) in [5.74, 6) is 1.45. The van der Waals surface area contributed by atoms with E-state index in [4.69, 9.17) is 4.74 Å². The van der Waals surface area contributed by atoms with Crippen LogP contribution in [-0.4, -0.2) is 42.3 Å². The van der Waals surface area contributed by atoms with Crippen LogP contribution in [0.25, 0.3) is 0 Å². The van der Waals surface area contributed by atoms with Crippen molar-refractivity contribution in [1.29, 1.82) is 0 Å². The van der Waals surface area contributed by atoms with Crippen molar-refractivity contribution < 1.29 is 4.74 Å².